The average molecular weight is 220 g/mol. The summed E-state index contributed by atoms with van der Waals surface area (Å²) >= 11 is 1.66. The third-order valence-corrected chi connectivity index (χ3v) is 3.95. The summed E-state index contributed by atoms with van der Waals surface area (Å²) in [6.45, 7) is 0.670. The van der Waals surface area contributed by atoms with Crippen LogP contribution in [0.15, 0.2) is 28.1 Å². The molecule has 1 aliphatic rings. The third-order valence-electron chi connectivity index (χ3n) is 3.06. The molecule has 0 saturated heterocycles. The van der Waals surface area contributed by atoms with Gasteiger partial charge in [-0.2, -0.15) is 0 Å². The second-order valence-corrected chi connectivity index (χ2v) is 4.99. The third kappa shape index (κ3) is 1.41. The Morgan fingerprint density at radius 3 is 3.00 bits per heavy atom. The quantitative estimate of drug-likeness (QED) is 0.864. The molecule has 15 heavy (non-hydrogen) atoms. The number of nitrogens with zero attached hydrogens (tertiary/aromatic N) is 1. The summed E-state index contributed by atoms with van der Waals surface area (Å²) in [7, 11) is 0. The lowest BCUT2D eigenvalue weighted by atomic mass is 10.0. The molecule has 0 amide bonds. The molecule has 2 aromatic heterocycles. The second kappa shape index (κ2) is 3.18. The monoisotopic (exact) mass is 220 g/mol. The van der Waals surface area contributed by atoms with Crippen LogP contribution in [-0.4, -0.2) is 11.7 Å². The molecule has 0 unspecified atom stereocenters. The van der Waals surface area contributed by atoms with Gasteiger partial charge in [-0.3, -0.25) is 0 Å². The molecule has 2 aromatic rings. The van der Waals surface area contributed by atoms with E-state index >= 15 is 0 Å². The minimum absolute atomic E-state index is 0.124. The van der Waals surface area contributed by atoms with Gasteiger partial charge in [0.15, 0.2) is 5.76 Å². The highest BCUT2D eigenvalue weighted by Gasteiger charge is 2.45. The predicted octanol–water partition coefficient (Wildman–Crippen LogP) is 2.39. The summed E-state index contributed by atoms with van der Waals surface area (Å²) in [4.78, 5) is 1.13. The molecule has 78 valence electrons. The molecule has 0 atom stereocenters. The number of thiophene rings is 1. The van der Waals surface area contributed by atoms with Gasteiger partial charge in [0.2, 0.25) is 0 Å². The van der Waals surface area contributed by atoms with Crippen molar-refractivity contribution >= 4 is 11.3 Å². The van der Waals surface area contributed by atoms with E-state index < -0.39 is 0 Å². The standard InChI is InChI=1S/C11H12N2OS/c12-7-11(3-4-11)10-6-8(14-13-10)9-2-1-5-15-9/h1-2,5-6H,3-4,7,12H2. The zero-order valence-corrected chi connectivity index (χ0v) is 9.09. The second-order valence-electron chi connectivity index (χ2n) is 4.04. The summed E-state index contributed by atoms with van der Waals surface area (Å²) in [5.74, 6) is 0.861. The zero-order valence-electron chi connectivity index (χ0n) is 8.27. The number of nitrogens with two attached hydrogens (primary N) is 1. The van der Waals surface area contributed by atoms with Crippen LogP contribution in [-0.2, 0) is 5.41 Å². The summed E-state index contributed by atoms with van der Waals surface area (Å²) in [6, 6.07) is 6.08. The molecule has 3 rings (SSSR count). The summed E-state index contributed by atoms with van der Waals surface area (Å²) in [5, 5.41) is 6.16. The first-order valence-corrected chi connectivity index (χ1v) is 5.93. The van der Waals surface area contributed by atoms with Crippen LogP contribution in [0.5, 0.6) is 0 Å². The Hall–Kier alpha value is -1.13. The Balaban J connectivity index is 1.95. The van der Waals surface area contributed by atoms with Crippen LogP contribution >= 0.6 is 11.3 Å². The highest BCUT2D eigenvalue weighted by atomic mass is 32.1. The van der Waals surface area contributed by atoms with Crippen molar-refractivity contribution in [2.45, 2.75) is 18.3 Å². The molecule has 0 aliphatic heterocycles. The highest BCUT2D eigenvalue weighted by Crippen LogP contribution is 2.47. The van der Waals surface area contributed by atoms with Gasteiger partial charge in [-0.05, 0) is 24.3 Å². The minimum Gasteiger partial charge on any atom is -0.355 e. The van der Waals surface area contributed by atoms with Crippen LogP contribution in [0.4, 0.5) is 0 Å². The Morgan fingerprint density at radius 1 is 1.53 bits per heavy atom. The Bertz CT molecular complexity index is 457. The fourth-order valence-electron chi connectivity index (χ4n) is 1.78. The topological polar surface area (TPSA) is 52.0 Å². The molecule has 0 aromatic carbocycles. The van der Waals surface area contributed by atoms with Crippen LogP contribution in [0.2, 0.25) is 0 Å². The zero-order chi connectivity index (χ0) is 10.3. The van der Waals surface area contributed by atoms with Crippen LogP contribution < -0.4 is 5.73 Å². The van der Waals surface area contributed by atoms with Crippen LogP contribution in [0.3, 0.4) is 0 Å². The molecule has 0 spiro atoms. The van der Waals surface area contributed by atoms with E-state index in [-0.39, 0.29) is 5.41 Å². The van der Waals surface area contributed by atoms with Crippen molar-refractivity contribution in [3.05, 3.63) is 29.3 Å². The van der Waals surface area contributed by atoms with Gasteiger partial charge in [0.25, 0.3) is 0 Å². The van der Waals surface area contributed by atoms with E-state index in [1.165, 1.54) is 0 Å². The Morgan fingerprint density at radius 2 is 2.40 bits per heavy atom. The molecule has 0 bridgehead atoms. The van der Waals surface area contributed by atoms with Gasteiger partial charge >= 0.3 is 0 Å². The number of hydrogen-bond acceptors (Lipinski definition) is 4. The van der Waals surface area contributed by atoms with Gasteiger partial charge in [-0.1, -0.05) is 11.2 Å². The van der Waals surface area contributed by atoms with Crippen molar-refractivity contribution in [1.29, 1.82) is 0 Å². The maximum Gasteiger partial charge on any atom is 0.177 e. The smallest absolute Gasteiger partial charge is 0.177 e. The van der Waals surface area contributed by atoms with Gasteiger partial charge in [-0.25, -0.2) is 0 Å². The molecule has 3 nitrogen and oxygen atoms in total. The Kier molecular flexibility index (Phi) is 1.94. The first kappa shape index (κ1) is 9.12. The van der Waals surface area contributed by atoms with Crippen molar-refractivity contribution in [1.82, 2.24) is 5.16 Å². The van der Waals surface area contributed by atoms with E-state index in [0.29, 0.717) is 6.54 Å². The lowest BCUT2D eigenvalue weighted by Crippen LogP contribution is -2.19. The van der Waals surface area contributed by atoms with Gasteiger partial charge in [0.1, 0.15) is 0 Å². The van der Waals surface area contributed by atoms with Gasteiger partial charge in [0, 0.05) is 18.0 Å². The predicted molar refractivity (Wildman–Crippen MR) is 59.8 cm³/mol. The molecule has 4 heteroatoms. The van der Waals surface area contributed by atoms with Crippen LogP contribution in [0.25, 0.3) is 10.6 Å². The van der Waals surface area contributed by atoms with Gasteiger partial charge in [-0.15, -0.1) is 11.3 Å². The molecular formula is C11H12N2OS. The molecule has 2 N–H and O–H groups in total. The molecule has 0 radical (unpaired) electrons. The largest absolute Gasteiger partial charge is 0.355 e. The lowest BCUT2D eigenvalue weighted by molar-refractivity contribution is 0.414. The van der Waals surface area contributed by atoms with E-state index in [4.69, 9.17) is 10.3 Å². The lowest BCUT2D eigenvalue weighted by Gasteiger charge is -2.05. The van der Waals surface area contributed by atoms with E-state index in [1.54, 1.807) is 11.3 Å². The number of hydrogen-bond donors (Lipinski definition) is 1. The summed E-state index contributed by atoms with van der Waals surface area (Å²) < 4.78 is 5.34. The van der Waals surface area contributed by atoms with Crippen molar-refractivity contribution in [2.24, 2.45) is 5.73 Å². The molecule has 1 saturated carbocycles. The van der Waals surface area contributed by atoms with Gasteiger partial charge < -0.3 is 10.3 Å². The minimum atomic E-state index is 0.124. The normalized spacial score (nSPS) is 17.9. The maximum absolute atomic E-state index is 5.75. The molecular weight excluding hydrogens is 208 g/mol. The summed E-state index contributed by atoms with van der Waals surface area (Å²) in [6.07, 6.45) is 2.28. The van der Waals surface area contributed by atoms with Crippen molar-refractivity contribution in [3.8, 4) is 10.6 Å². The first-order chi connectivity index (χ1) is 7.34. The number of aromatic nitrogens is 1. The van der Waals surface area contributed by atoms with E-state index in [0.717, 1.165) is 29.2 Å². The maximum atomic E-state index is 5.75. The SMILES string of the molecule is NCC1(c2cc(-c3cccs3)on2)CC1. The average Bonchev–Trinajstić information content (AvgIpc) is 2.74. The van der Waals surface area contributed by atoms with Gasteiger partial charge in [0.05, 0.1) is 10.6 Å². The number of rotatable bonds is 3. The van der Waals surface area contributed by atoms with Crippen LogP contribution in [0, 0.1) is 0 Å². The van der Waals surface area contributed by atoms with Crippen molar-refractivity contribution in [2.75, 3.05) is 6.54 Å². The first-order valence-electron chi connectivity index (χ1n) is 5.05. The Labute approximate surface area is 91.9 Å². The van der Waals surface area contributed by atoms with Crippen LogP contribution in [0.1, 0.15) is 18.5 Å². The highest BCUT2D eigenvalue weighted by molar-refractivity contribution is 7.13. The van der Waals surface area contributed by atoms with E-state index in [9.17, 15) is 0 Å². The molecule has 2 heterocycles. The molecule has 1 fully saturated rings. The van der Waals surface area contributed by atoms with Crippen molar-refractivity contribution < 1.29 is 4.52 Å². The molecule has 1 aliphatic carbocycles. The summed E-state index contributed by atoms with van der Waals surface area (Å²) in [5.41, 5.74) is 6.90. The van der Waals surface area contributed by atoms with E-state index in [1.807, 2.05) is 23.6 Å². The van der Waals surface area contributed by atoms with Crippen molar-refractivity contribution in [3.63, 3.8) is 0 Å². The van der Waals surface area contributed by atoms with E-state index in [2.05, 4.69) is 5.16 Å². The fraction of sp³-hybridized carbons (Fsp3) is 0.364. The fourth-order valence-corrected chi connectivity index (χ4v) is 2.45.